The van der Waals surface area contributed by atoms with E-state index in [0.29, 0.717) is 12.4 Å². The van der Waals surface area contributed by atoms with E-state index < -0.39 is 0 Å². The summed E-state index contributed by atoms with van der Waals surface area (Å²) >= 11 is 0. The molecule has 0 bridgehead atoms. The van der Waals surface area contributed by atoms with Gasteiger partial charge < -0.3 is 26.5 Å². The predicted octanol–water partition coefficient (Wildman–Crippen LogP) is 0.0759. The Hall–Kier alpha value is -0.857. The zero-order chi connectivity index (χ0) is 11.2. The average Bonchev–Trinajstić information content (AvgIpc) is 2.38. The predicted molar refractivity (Wildman–Crippen MR) is 62.6 cm³/mol. The molecule has 0 aromatic heterocycles. The van der Waals surface area contributed by atoms with Gasteiger partial charge in [-0.1, -0.05) is 30.3 Å². The fourth-order valence-electron chi connectivity index (χ4n) is 1.41. The Bertz CT molecular complexity index is 449. The van der Waals surface area contributed by atoms with Crippen LogP contribution in [-0.4, -0.2) is 7.11 Å². The van der Waals surface area contributed by atoms with Gasteiger partial charge in [0.2, 0.25) is 0 Å². The summed E-state index contributed by atoms with van der Waals surface area (Å²) in [4.78, 5) is 0. The molecule has 4 heteroatoms. The van der Waals surface area contributed by atoms with Gasteiger partial charge in [0.1, 0.15) is 6.61 Å². The first-order valence-electron chi connectivity index (χ1n) is 5.11. The van der Waals surface area contributed by atoms with E-state index in [1.807, 2.05) is 42.5 Å². The first kappa shape index (κ1) is 17.1. The van der Waals surface area contributed by atoms with Crippen LogP contribution in [0.3, 0.4) is 0 Å². The molecule has 0 saturated heterocycles. The minimum absolute atomic E-state index is 0. The van der Waals surface area contributed by atoms with Crippen molar-refractivity contribution in [2.24, 2.45) is 0 Å². The van der Waals surface area contributed by atoms with Crippen LogP contribution in [0.25, 0.3) is 0 Å². The largest absolute Gasteiger partial charge is 2.00 e. The monoisotopic (exact) mass is 356 g/mol. The van der Waals surface area contributed by atoms with Crippen LogP contribution < -0.4 is 26.5 Å². The van der Waals surface area contributed by atoms with Crippen LogP contribution in [0.1, 0.15) is 5.56 Å². The van der Waals surface area contributed by atoms with Crippen LogP contribution in [-0.2, 0) is 26.1 Å². The number of hydrogen-bond donors (Lipinski definition) is 0. The Morgan fingerprint density at radius 3 is 2.44 bits per heavy atom. The Morgan fingerprint density at radius 2 is 1.78 bits per heavy atom. The smallest absolute Gasteiger partial charge is 1.00 e. The van der Waals surface area contributed by atoms with E-state index in [4.69, 9.17) is 9.47 Å². The number of rotatable bonds is 4. The Morgan fingerprint density at radius 1 is 1.06 bits per heavy atom. The second-order valence-electron chi connectivity index (χ2n) is 3.35. The molecular formula is C14H13BrO2Zn. The molecule has 2 aromatic carbocycles. The zero-order valence-electron chi connectivity index (χ0n) is 10.2. The third kappa shape index (κ3) is 4.79. The van der Waals surface area contributed by atoms with Gasteiger partial charge in [-0.05, 0) is 5.56 Å². The first-order valence-corrected chi connectivity index (χ1v) is 5.11. The van der Waals surface area contributed by atoms with Crippen molar-refractivity contribution in [3.63, 3.8) is 0 Å². The van der Waals surface area contributed by atoms with Gasteiger partial charge in [0.25, 0.3) is 0 Å². The van der Waals surface area contributed by atoms with Gasteiger partial charge in [0.15, 0.2) is 0 Å². The summed E-state index contributed by atoms with van der Waals surface area (Å²) in [6.07, 6.45) is 0. The molecule has 0 aliphatic rings. The van der Waals surface area contributed by atoms with Gasteiger partial charge >= 0.3 is 19.5 Å². The van der Waals surface area contributed by atoms with E-state index in [9.17, 15) is 0 Å². The number of halogens is 1. The molecule has 18 heavy (non-hydrogen) atoms. The van der Waals surface area contributed by atoms with Crippen molar-refractivity contribution in [2.45, 2.75) is 6.61 Å². The molecule has 0 aliphatic carbocycles. The molecule has 0 atom stereocenters. The van der Waals surface area contributed by atoms with Gasteiger partial charge in [0, 0.05) is 5.75 Å². The summed E-state index contributed by atoms with van der Waals surface area (Å²) in [5.41, 5.74) is 1.14. The maximum atomic E-state index is 5.67. The van der Waals surface area contributed by atoms with Crippen molar-refractivity contribution in [1.29, 1.82) is 0 Å². The molecule has 0 aliphatic heterocycles. The van der Waals surface area contributed by atoms with Crippen molar-refractivity contribution < 1.29 is 45.9 Å². The van der Waals surface area contributed by atoms with E-state index in [0.717, 1.165) is 11.3 Å². The van der Waals surface area contributed by atoms with Gasteiger partial charge in [-0.2, -0.15) is 12.1 Å². The summed E-state index contributed by atoms with van der Waals surface area (Å²) in [6.45, 7) is 0.543. The third-order valence-electron chi connectivity index (χ3n) is 2.25. The maximum Gasteiger partial charge on any atom is 2.00 e. The fourth-order valence-corrected chi connectivity index (χ4v) is 1.41. The molecule has 2 aromatic rings. The van der Waals surface area contributed by atoms with Gasteiger partial charge in [-0.15, -0.1) is 12.1 Å². The van der Waals surface area contributed by atoms with Gasteiger partial charge in [-0.3, -0.25) is 0 Å². The molecule has 0 amide bonds. The first-order chi connectivity index (χ1) is 7.90. The SMILES string of the molecule is COc1c[c-]ccc1OCc1ccccc1.[Br-].[Zn+2]. The van der Waals surface area contributed by atoms with E-state index in [1.54, 1.807) is 13.2 Å². The summed E-state index contributed by atoms with van der Waals surface area (Å²) in [7, 11) is 1.62. The molecule has 2 rings (SSSR count). The normalized spacial score (nSPS) is 8.72. The van der Waals surface area contributed by atoms with Crippen LogP contribution in [0.2, 0.25) is 0 Å². The van der Waals surface area contributed by atoms with Crippen LogP contribution >= 0.6 is 0 Å². The van der Waals surface area contributed by atoms with Crippen LogP contribution in [0, 0.1) is 6.07 Å². The van der Waals surface area contributed by atoms with E-state index in [-0.39, 0.29) is 36.5 Å². The molecule has 0 unspecified atom stereocenters. The van der Waals surface area contributed by atoms with Crippen molar-refractivity contribution in [2.75, 3.05) is 7.11 Å². The van der Waals surface area contributed by atoms with Crippen LogP contribution in [0.5, 0.6) is 11.5 Å². The molecule has 0 radical (unpaired) electrons. The standard InChI is InChI=1S/C14H13O2.BrH.Zn/c1-15-13-9-5-6-10-14(13)16-11-12-7-3-2-4-8-12;;/h2-4,6-10H,11H2,1H3;1H;/q-1;;+2/p-1. The van der Waals surface area contributed by atoms with Crippen molar-refractivity contribution in [3.05, 3.63) is 60.2 Å². The topological polar surface area (TPSA) is 18.5 Å². The van der Waals surface area contributed by atoms with Crippen LogP contribution in [0.4, 0.5) is 0 Å². The van der Waals surface area contributed by atoms with Gasteiger partial charge in [-0.25, -0.2) is 0 Å². The molecule has 2 nitrogen and oxygen atoms in total. The van der Waals surface area contributed by atoms with Crippen molar-refractivity contribution in [3.8, 4) is 11.5 Å². The fraction of sp³-hybridized carbons (Fsp3) is 0.143. The van der Waals surface area contributed by atoms with Crippen molar-refractivity contribution in [1.82, 2.24) is 0 Å². The Kier molecular flexibility index (Phi) is 8.69. The van der Waals surface area contributed by atoms with Crippen LogP contribution in [0.15, 0.2) is 48.5 Å². The third-order valence-corrected chi connectivity index (χ3v) is 2.25. The van der Waals surface area contributed by atoms with E-state index >= 15 is 0 Å². The quantitative estimate of drug-likeness (QED) is 0.569. The summed E-state index contributed by atoms with van der Waals surface area (Å²) in [6, 6.07) is 18.4. The zero-order valence-corrected chi connectivity index (χ0v) is 14.8. The number of ether oxygens (including phenoxy) is 2. The summed E-state index contributed by atoms with van der Waals surface area (Å²) in [5, 5.41) is 0. The van der Waals surface area contributed by atoms with E-state index in [1.165, 1.54) is 0 Å². The maximum absolute atomic E-state index is 5.67. The number of benzene rings is 2. The average molecular weight is 359 g/mol. The van der Waals surface area contributed by atoms with E-state index in [2.05, 4.69) is 6.07 Å². The summed E-state index contributed by atoms with van der Waals surface area (Å²) < 4.78 is 10.8. The second kappa shape index (κ2) is 9.12. The molecule has 0 saturated carbocycles. The summed E-state index contributed by atoms with van der Waals surface area (Å²) in [5.74, 6) is 1.45. The molecule has 0 fully saturated rings. The molecule has 0 N–H and O–H groups in total. The van der Waals surface area contributed by atoms with Crippen molar-refractivity contribution >= 4 is 0 Å². The number of methoxy groups -OCH3 is 1. The minimum Gasteiger partial charge on any atom is -1.00 e. The molecule has 0 heterocycles. The molecule has 90 valence electrons. The molecular weight excluding hydrogens is 345 g/mol. The number of hydrogen-bond acceptors (Lipinski definition) is 2. The molecule has 0 spiro atoms. The Balaban J connectivity index is 0.00000144. The van der Waals surface area contributed by atoms with Gasteiger partial charge in [0.05, 0.1) is 12.9 Å². The Labute approximate surface area is 131 Å². The minimum atomic E-state index is 0. The second-order valence-corrected chi connectivity index (χ2v) is 3.35.